The van der Waals surface area contributed by atoms with Crippen molar-refractivity contribution >= 4 is 34.4 Å². The zero-order valence-corrected chi connectivity index (χ0v) is 9.24. The number of anilines is 1. The Morgan fingerprint density at radius 1 is 1.77 bits per heavy atom. The molecule has 0 aromatic carbocycles. The number of esters is 1. The Morgan fingerprint density at radius 2 is 2.46 bits per heavy atom. The van der Waals surface area contributed by atoms with Crippen molar-refractivity contribution in [2.24, 2.45) is 0 Å². The van der Waals surface area contributed by atoms with Gasteiger partial charge in [0.2, 0.25) is 0 Å². The van der Waals surface area contributed by atoms with E-state index < -0.39 is 0 Å². The number of carbonyl (C=O) groups is 1. The van der Waals surface area contributed by atoms with E-state index in [0.717, 1.165) is 3.57 Å². The standard InChI is InChI=1S/C8H9IN2O2/c1-2-13-8(12)5-3-6(9)7(10)11-4-5/h3-4H,2H2,1H3,(H2,10,11). The predicted molar refractivity (Wildman–Crippen MR) is 57.3 cm³/mol. The highest BCUT2D eigenvalue weighted by atomic mass is 127. The van der Waals surface area contributed by atoms with Crippen LogP contribution in [0, 0.1) is 3.57 Å². The van der Waals surface area contributed by atoms with Gasteiger partial charge in [-0.3, -0.25) is 0 Å². The third-order valence-electron chi connectivity index (χ3n) is 1.38. The predicted octanol–water partition coefficient (Wildman–Crippen LogP) is 1.45. The normalized spacial score (nSPS) is 9.69. The van der Waals surface area contributed by atoms with Crippen LogP contribution in [-0.2, 0) is 4.74 Å². The van der Waals surface area contributed by atoms with Crippen molar-refractivity contribution in [3.63, 3.8) is 0 Å². The molecule has 13 heavy (non-hydrogen) atoms. The van der Waals surface area contributed by atoms with Crippen LogP contribution in [0.3, 0.4) is 0 Å². The summed E-state index contributed by atoms with van der Waals surface area (Å²) in [7, 11) is 0. The first-order valence-electron chi connectivity index (χ1n) is 3.73. The fourth-order valence-electron chi connectivity index (χ4n) is 0.775. The van der Waals surface area contributed by atoms with Crippen molar-refractivity contribution in [1.29, 1.82) is 0 Å². The molecule has 0 amide bonds. The molecule has 1 rings (SSSR count). The molecule has 0 aliphatic heterocycles. The molecule has 1 aromatic heterocycles. The lowest BCUT2D eigenvalue weighted by molar-refractivity contribution is 0.0526. The summed E-state index contributed by atoms with van der Waals surface area (Å²) in [6.45, 7) is 2.12. The first-order chi connectivity index (χ1) is 6.15. The van der Waals surface area contributed by atoms with E-state index in [-0.39, 0.29) is 5.97 Å². The summed E-state index contributed by atoms with van der Waals surface area (Å²) in [6, 6.07) is 1.65. The van der Waals surface area contributed by atoms with Gasteiger partial charge in [0.1, 0.15) is 5.82 Å². The zero-order valence-electron chi connectivity index (χ0n) is 7.08. The second kappa shape index (κ2) is 4.40. The van der Waals surface area contributed by atoms with Crippen molar-refractivity contribution in [2.45, 2.75) is 6.92 Å². The largest absolute Gasteiger partial charge is 0.462 e. The Hall–Kier alpha value is -0.850. The number of nitrogens with two attached hydrogens (primary N) is 1. The van der Waals surface area contributed by atoms with Crippen LogP contribution in [0.15, 0.2) is 12.3 Å². The quantitative estimate of drug-likeness (QED) is 0.662. The van der Waals surface area contributed by atoms with Gasteiger partial charge < -0.3 is 10.5 Å². The lowest BCUT2D eigenvalue weighted by Gasteiger charge is -2.02. The molecule has 0 radical (unpaired) electrons. The van der Waals surface area contributed by atoms with Gasteiger partial charge in [-0.25, -0.2) is 9.78 Å². The molecule has 0 bridgehead atoms. The monoisotopic (exact) mass is 292 g/mol. The van der Waals surface area contributed by atoms with Crippen LogP contribution in [0.1, 0.15) is 17.3 Å². The molecular weight excluding hydrogens is 283 g/mol. The maximum absolute atomic E-state index is 11.2. The van der Waals surface area contributed by atoms with Crippen molar-refractivity contribution in [3.05, 3.63) is 21.4 Å². The summed E-state index contributed by atoms with van der Waals surface area (Å²) in [4.78, 5) is 15.1. The van der Waals surface area contributed by atoms with Crippen molar-refractivity contribution in [2.75, 3.05) is 12.3 Å². The van der Waals surface area contributed by atoms with Gasteiger partial charge in [-0.1, -0.05) is 0 Å². The highest BCUT2D eigenvalue weighted by molar-refractivity contribution is 14.1. The second-order valence-corrected chi connectivity index (χ2v) is 3.47. The SMILES string of the molecule is CCOC(=O)c1cnc(N)c(I)c1. The highest BCUT2D eigenvalue weighted by Gasteiger charge is 2.08. The maximum Gasteiger partial charge on any atom is 0.339 e. The molecule has 0 saturated heterocycles. The summed E-state index contributed by atoms with van der Waals surface area (Å²) in [5.74, 6) is 0.0570. The van der Waals surface area contributed by atoms with E-state index in [0.29, 0.717) is 18.0 Å². The number of nitrogen functional groups attached to an aromatic ring is 1. The number of pyridine rings is 1. The molecule has 4 nitrogen and oxygen atoms in total. The van der Waals surface area contributed by atoms with E-state index in [1.165, 1.54) is 6.20 Å². The Labute approximate surface area is 89.6 Å². The van der Waals surface area contributed by atoms with Gasteiger partial charge >= 0.3 is 5.97 Å². The fourth-order valence-corrected chi connectivity index (χ4v) is 1.25. The molecule has 0 unspecified atom stereocenters. The van der Waals surface area contributed by atoms with Gasteiger partial charge in [-0.05, 0) is 35.6 Å². The minimum absolute atomic E-state index is 0.361. The van der Waals surface area contributed by atoms with Crippen LogP contribution in [-0.4, -0.2) is 17.6 Å². The van der Waals surface area contributed by atoms with E-state index >= 15 is 0 Å². The molecule has 1 aromatic rings. The van der Waals surface area contributed by atoms with Crippen molar-refractivity contribution in [1.82, 2.24) is 4.98 Å². The third kappa shape index (κ3) is 2.55. The average molecular weight is 292 g/mol. The van der Waals surface area contributed by atoms with Crippen molar-refractivity contribution in [3.8, 4) is 0 Å². The van der Waals surface area contributed by atoms with Gasteiger partial charge in [-0.2, -0.15) is 0 Å². The van der Waals surface area contributed by atoms with E-state index in [4.69, 9.17) is 10.5 Å². The Balaban J connectivity index is 2.90. The van der Waals surface area contributed by atoms with Crippen LogP contribution in [0.5, 0.6) is 0 Å². The van der Waals surface area contributed by atoms with E-state index in [1.807, 2.05) is 22.6 Å². The number of ether oxygens (including phenoxy) is 1. The summed E-state index contributed by atoms with van der Waals surface area (Å²) in [5, 5.41) is 0. The molecule has 2 N–H and O–H groups in total. The maximum atomic E-state index is 11.2. The number of carbonyl (C=O) groups excluding carboxylic acids is 1. The minimum atomic E-state index is -0.368. The van der Waals surface area contributed by atoms with E-state index in [9.17, 15) is 4.79 Å². The smallest absolute Gasteiger partial charge is 0.339 e. The minimum Gasteiger partial charge on any atom is -0.462 e. The van der Waals surface area contributed by atoms with Crippen LogP contribution in [0.2, 0.25) is 0 Å². The lowest BCUT2D eigenvalue weighted by Crippen LogP contribution is -2.06. The molecule has 0 aliphatic rings. The van der Waals surface area contributed by atoms with Gasteiger partial charge in [0.05, 0.1) is 15.7 Å². The number of halogens is 1. The number of hydrogen-bond donors (Lipinski definition) is 1. The molecule has 1 heterocycles. The second-order valence-electron chi connectivity index (χ2n) is 2.31. The summed E-state index contributed by atoms with van der Waals surface area (Å²) >= 11 is 2.02. The van der Waals surface area contributed by atoms with E-state index in [1.54, 1.807) is 13.0 Å². The molecule has 0 atom stereocenters. The average Bonchev–Trinajstić information content (AvgIpc) is 2.10. The Kier molecular flexibility index (Phi) is 3.47. The fraction of sp³-hybridized carbons (Fsp3) is 0.250. The topological polar surface area (TPSA) is 65.2 Å². The van der Waals surface area contributed by atoms with Gasteiger partial charge in [0, 0.05) is 6.20 Å². The zero-order chi connectivity index (χ0) is 9.84. The molecular formula is C8H9IN2O2. The first-order valence-corrected chi connectivity index (χ1v) is 4.81. The van der Waals surface area contributed by atoms with Crippen LogP contribution in [0.25, 0.3) is 0 Å². The molecule has 70 valence electrons. The van der Waals surface area contributed by atoms with Gasteiger partial charge in [0.25, 0.3) is 0 Å². The number of hydrogen-bond acceptors (Lipinski definition) is 4. The Bertz CT molecular complexity index is 328. The molecule has 5 heteroatoms. The number of rotatable bonds is 2. The van der Waals surface area contributed by atoms with Crippen LogP contribution >= 0.6 is 22.6 Å². The third-order valence-corrected chi connectivity index (χ3v) is 2.24. The lowest BCUT2D eigenvalue weighted by atomic mass is 10.3. The molecule has 0 saturated carbocycles. The molecule has 0 aliphatic carbocycles. The Morgan fingerprint density at radius 3 is 3.00 bits per heavy atom. The van der Waals surface area contributed by atoms with Crippen LogP contribution in [0.4, 0.5) is 5.82 Å². The van der Waals surface area contributed by atoms with Crippen LogP contribution < -0.4 is 5.73 Å². The van der Waals surface area contributed by atoms with Crippen molar-refractivity contribution < 1.29 is 9.53 Å². The first kappa shape index (κ1) is 10.2. The van der Waals surface area contributed by atoms with Gasteiger partial charge in [-0.15, -0.1) is 0 Å². The highest BCUT2D eigenvalue weighted by Crippen LogP contribution is 2.13. The van der Waals surface area contributed by atoms with E-state index in [2.05, 4.69) is 4.98 Å². The summed E-state index contributed by atoms with van der Waals surface area (Å²) in [5.41, 5.74) is 5.92. The summed E-state index contributed by atoms with van der Waals surface area (Å²) < 4.78 is 5.55. The molecule has 0 fully saturated rings. The number of aromatic nitrogens is 1. The molecule has 0 spiro atoms. The van der Waals surface area contributed by atoms with Gasteiger partial charge in [0.15, 0.2) is 0 Å². The summed E-state index contributed by atoms with van der Waals surface area (Å²) in [6.07, 6.45) is 1.41. The number of nitrogens with zero attached hydrogens (tertiary/aromatic N) is 1.